The monoisotopic (exact) mass is 329 g/mol. The van der Waals surface area contributed by atoms with Crippen molar-refractivity contribution in [1.29, 1.82) is 0 Å². The van der Waals surface area contributed by atoms with Gasteiger partial charge in [0.15, 0.2) is 0 Å². The lowest BCUT2D eigenvalue weighted by Gasteiger charge is -2.24. The lowest BCUT2D eigenvalue weighted by atomic mass is 10.2. The van der Waals surface area contributed by atoms with Crippen LogP contribution in [-0.2, 0) is 21.3 Å². The first-order chi connectivity index (χ1) is 10.3. The first-order valence-electron chi connectivity index (χ1n) is 6.84. The first kappa shape index (κ1) is 18.4. The maximum absolute atomic E-state index is 12.0. The topological polar surface area (TPSA) is 87.7 Å². The van der Waals surface area contributed by atoms with E-state index in [2.05, 4.69) is 10.0 Å². The number of sulfonamides is 1. The van der Waals surface area contributed by atoms with Gasteiger partial charge in [-0.3, -0.25) is 0 Å². The molecule has 1 rings (SSSR count). The smallest absolute Gasteiger partial charge is 0.317 e. The van der Waals surface area contributed by atoms with Crippen molar-refractivity contribution in [3.8, 4) is 0 Å². The van der Waals surface area contributed by atoms with Crippen LogP contribution in [0.25, 0.3) is 0 Å². The van der Waals surface area contributed by atoms with E-state index in [0.29, 0.717) is 13.2 Å². The molecule has 8 heteroatoms. The minimum absolute atomic E-state index is 0.0341. The summed E-state index contributed by atoms with van der Waals surface area (Å²) in [6.45, 7) is 2.67. The Morgan fingerprint density at radius 3 is 2.41 bits per heavy atom. The number of nitrogens with one attached hydrogen (secondary N) is 2. The number of carbonyl (C=O) groups is 1. The highest BCUT2D eigenvalue weighted by Crippen LogP contribution is 2.10. The van der Waals surface area contributed by atoms with Gasteiger partial charge >= 0.3 is 6.03 Å². The zero-order valence-electron chi connectivity index (χ0n) is 13.3. The maximum atomic E-state index is 12.0. The second-order valence-corrected chi connectivity index (χ2v) is 6.81. The van der Waals surface area contributed by atoms with Gasteiger partial charge in [0.25, 0.3) is 0 Å². The summed E-state index contributed by atoms with van der Waals surface area (Å²) in [5, 5.41) is 2.78. The fourth-order valence-corrected chi connectivity index (χ4v) is 2.49. The Labute approximate surface area is 131 Å². The summed E-state index contributed by atoms with van der Waals surface area (Å²) in [4.78, 5) is 13.7. The molecule has 7 nitrogen and oxygen atoms in total. The van der Waals surface area contributed by atoms with Gasteiger partial charge in [-0.05, 0) is 31.7 Å². The van der Waals surface area contributed by atoms with E-state index in [9.17, 15) is 13.2 Å². The minimum Gasteiger partial charge on any atom is -0.383 e. The van der Waals surface area contributed by atoms with E-state index in [1.165, 1.54) is 19.2 Å². The van der Waals surface area contributed by atoms with Crippen LogP contribution in [0.4, 0.5) is 4.79 Å². The van der Waals surface area contributed by atoms with Crippen molar-refractivity contribution in [2.24, 2.45) is 0 Å². The number of methoxy groups -OCH3 is 1. The molecular weight excluding hydrogens is 306 g/mol. The number of hydrogen-bond donors (Lipinski definition) is 2. The molecule has 22 heavy (non-hydrogen) atoms. The van der Waals surface area contributed by atoms with Gasteiger partial charge in [-0.1, -0.05) is 12.1 Å². The number of benzene rings is 1. The Kier molecular flexibility index (Phi) is 6.79. The lowest BCUT2D eigenvalue weighted by Crippen LogP contribution is -2.43. The normalized spacial score (nSPS) is 12.7. The Hall–Kier alpha value is -1.64. The second kappa shape index (κ2) is 8.11. The summed E-state index contributed by atoms with van der Waals surface area (Å²) in [7, 11) is 1.21. The highest BCUT2D eigenvalue weighted by Gasteiger charge is 2.15. The van der Waals surface area contributed by atoms with E-state index in [1.807, 2.05) is 6.92 Å². The average Bonchev–Trinajstić information content (AvgIpc) is 2.52. The molecular formula is C14H23N3O4S. The summed E-state index contributed by atoms with van der Waals surface area (Å²) in [5.41, 5.74) is 0.816. The molecule has 1 atom stereocenters. The fraction of sp³-hybridized carbons (Fsp3) is 0.500. The summed E-state index contributed by atoms with van der Waals surface area (Å²) in [6, 6.07) is 6.10. The first-order valence-corrected chi connectivity index (χ1v) is 8.32. The van der Waals surface area contributed by atoms with E-state index in [0.717, 1.165) is 5.56 Å². The Morgan fingerprint density at radius 2 is 1.91 bits per heavy atom. The van der Waals surface area contributed by atoms with E-state index in [-0.39, 0.29) is 17.0 Å². The Bertz CT molecular complexity index is 587. The molecule has 1 aromatic carbocycles. The highest BCUT2D eigenvalue weighted by molar-refractivity contribution is 7.89. The molecule has 0 unspecified atom stereocenters. The summed E-state index contributed by atoms with van der Waals surface area (Å²) < 4.78 is 30.5. The molecule has 124 valence electrons. The van der Waals surface area contributed by atoms with Crippen LogP contribution in [0.15, 0.2) is 29.2 Å². The van der Waals surface area contributed by atoms with Gasteiger partial charge in [0.05, 0.1) is 17.5 Å². The van der Waals surface area contributed by atoms with Gasteiger partial charge in [-0.15, -0.1) is 0 Å². The van der Waals surface area contributed by atoms with E-state index in [1.54, 1.807) is 31.2 Å². The lowest BCUT2D eigenvalue weighted by molar-refractivity contribution is 0.123. The molecule has 0 saturated heterocycles. The number of urea groups is 1. The van der Waals surface area contributed by atoms with Crippen LogP contribution in [0.2, 0.25) is 0 Å². The zero-order valence-corrected chi connectivity index (χ0v) is 14.1. The van der Waals surface area contributed by atoms with Crippen LogP contribution in [-0.4, -0.2) is 53.2 Å². The van der Waals surface area contributed by atoms with Crippen LogP contribution in [0, 0.1) is 0 Å². The molecule has 0 heterocycles. The van der Waals surface area contributed by atoms with Gasteiger partial charge in [0, 0.05) is 20.7 Å². The van der Waals surface area contributed by atoms with Crippen molar-refractivity contribution < 1.29 is 17.9 Å². The molecule has 0 aromatic heterocycles. The van der Waals surface area contributed by atoms with Gasteiger partial charge in [-0.25, -0.2) is 17.9 Å². The SMILES string of the molecule is CNS(=O)(=O)c1ccc(CNC(=O)N(C)[C@@H](C)COC)cc1. The molecule has 1 aromatic rings. The number of nitrogens with zero attached hydrogens (tertiary/aromatic N) is 1. The maximum Gasteiger partial charge on any atom is 0.317 e. The van der Waals surface area contributed by atoms with Crippen molar-refractivity contribution in [2.45, 2.75) is 24.4 Å². The Balaban J connectivity index is 2.60. The third-order valence-electron chi connectivity index (χ3n) is 3.34. The second-order valence-electron chi connectivity index (χ2n) is 4.93. The average molecular weight is 329 g/mol. The van der Waals surface area contributed by atoms with Gasteiger partial charge in [0.2, 0.25) is 10.0 Å². The number of rotatable bonds is 7. The third-order valence-corrected chi connectivity index (χ3v) is 4.77. The minimum atomic E-state index is -3.44. The predicted octanol–water partition coefficient (Wildman–Crippen LogP) is 0.771. The molecule has 2 amide bonds. The molecule has 0 bridgehead atoms. The molecule has 2 N–H and O–H groups in total. The standard InChI is InChI=1S/C14H23N3O4S/c1-11(10-21-4)17(3)14(18)16-9-12-5-7-13(8-6-12)22(19,20)15-2/h5-8,11,15H,9-10H2,1-4H3,(H,16,18)/t11-/m0/s1. The van der Waals surface area contributed by atoms with Crippen LogP contribution >= 0.6 is 0 Å². The van der Waals surface area contributed by atoms with Crippen LogP contribution in [0.3, 0.4) is 0 Å². The van der Waals surface area contributed by atoms with Crippen molar-refractivity contribution in [3.63, 3.8) is 0 Å². The van der Waals surface area contributed by atoms with Gasteiger partial charge in [-0.2, -0.15) is 0 Å². The van der Waals surface area contributed by atoms with E-state index in [4.69, 9.17) is 4.74 Å². The zero-order chi connectivity index (χ0) is 16.8. The van der Waals surface area contributed by atoms with E-state index < -0.39 is 10.0 Å². The largest absolute Gasteiger partial charge is 0.383 e. The number of likely N-dealkylation sites (N-methyl/N-ethyl adjacent to an activating group) is 1. The number of carbonyl (C=O) groups excluding carboxylic acids is 1. The summed E-state index contributed by atoms with van der Waals surface area (Å²) >= 11 is 0. The van der Waals surface area contributed by atoms with Crippen molar-refractivity contribution in [2.75, 3.05) is 27.8 Å². The number of hydrogen-bond acceptors (Lipinski definition) is 4. The molecule has 0 aliphatic heterocycles. The predicted molar refractivity (Wildman–Crippen MR) is 84.0 cm³/mol. The molecule has 0 saturated carbocycles. The van der Waals surface area contributed by atoms with Gasteiger partial charge < -0.3 is 15.0 Å². The highest BCUT2D eigenvalue weighted by atomic mass is 32.2. The summed E-state index contributed by atoms with van der Waals surface area (Å²) in [5.74, 6) is 0. The van der Waals surface area contributed by atoms with Crippen LogP contribution in [0.1, 0.15) is 12.5 Å². The Morgan fingerprint density at radius 1 is 1.32 bits per heavy atom. The third kappa shape index (κ3) is 4.97. The number of amides is 2. The van der Waals surface area contributed by atoms with Crippen molar-refractivity contribution in [1.82, 2.24) is 14.9 Å². The van der Waals surface area contributed by atoms with Crippen LogP contribution < -0.4 is 10.0 Å². The van der Waals surface area contributed by atoms with Crippen molar-refractivity contribution in [3.05, 3.63) is 29.8 Å². The molecule has 0 aliphatic rings. The molecule has 0 fully saturated rings. The summed E-state index contributed by atoms with van der Waals surface area (Å²) in [6.07, 6.45) is 0. The molecule has 0 spiro atoms. The molecule has 0 aliphatic carbocycles. The number of ether oxygens (including phenoxy) is 1. The van der Waals surface area contributed by atoms with Crippen LogP contribution in [0.5, 0.6) is 0 Å². The molecule has 0 radical (unpaired) electrons. The quantitative estimate of drug-likeness (QED) is 0.773. The fourth-order valence-electron chi connectivity index (χ4n) is 1.76. The van der Waals surface area contributed by atoms with Gasteiger partial charge in [0.1, 0.15) is 0 Å². The van der Waals surface area contributed by atoms with E-state index >= 15 is 0 Å². The van der Waals surface area contributed by atoms with Crippen molar-refractivity contribution >= 4 is 16.1 Å².